The molecule has 2 aromatic heterocycles. The van der Waals surface area contributed by atoms with Crippen molar-refractivity contribution in [1.29, 1.82) is 0 Å². The van der Waals surface area contributed by atoms with Gasteiger partial charge in [0.15, 0.2) is 12.1 Å². The molecule has 0 bridgehead atoms. The van der Waals surface area contributed by atoms with Crippen LogP contribution in [-0.2, 0) is 14.9 Å². The Bertz CT molecular complexity index is 2750. The number of aromatic amines is 1. The normalized spacial score (nSPS) is 19.8. The van der Waals surface area contributed by atoms with Crippen molar-refractivity contribution >= 4 is 56.3 Å². The third-order valence-corrected chi connectivity index (χ3v) is 14.6. The largest absolute Gasteiger partial charge is 0.465 e. The number of alkyl halides is 1. The van der Waals surface area contributed by atoms with Gasteiger partial charge in [0.2, 0.25) is 5.78 Å². The van der Waals surface area contributed by atoms with Gasteiger partial charge in [0, 0.05) is 110 Å². The predicted molar refractivity (Wildman–Crippen MR) is 230 cm³/mol. The number of rotatable bonds is 12. The summed E-state index contributed by atoms with van der Waals surface area (Å²) >= 11 is 0. The van der Waals surface area contributed by atoms with Crippen LogP contribution in [0.4, 0.5) is 30.2 Å². The summed E-state index contributed by atoms with van der Waals surface area (Å²) in [4.78, 5) is 51.8. The highest BCUT2D eigenvalue weighted by Gasteiger charge is 2.53. The second-order valence-corrected chi connectivity index (χ2v) is 19.0. The number of methoxy groups -OCH3 is 1. The molecule has 0 amide bonds. The van der Waals surface area contributed by atoms with Crippen molar-refractivity contribution in [3.05, 3.63) is 106 Å². The maximum Gasteiger partial charge on any atom is 0.338 e. The number of aromatic nitrogens is 2. The third-order valence-electron chi connectivity index (χ3n) is 13.1. The number of hydrogen-bond acceptors (Lipinski definition) is 11. The summed E-state index contributed by atoms with van der Waals surface area (Å²) in [5.41, 5.74) is 2.67. The van der Waals surface area contributed by atoms with E-state index in [1.165, 1.54) is 13.3 Å². The van der Waals surface area contributed by atoms with Gasteiger partial charge in [-0.2, -0.15) is 12.7 Å². The molecule has 4 saturated heterocycles. The van der Waals surface area contributed by atoms with Gasteiger partial charge in [-0.3, -0.25) is 19.2 Å². The number of fused-ring (bicyclic) bond motifs is 1. The zero-order chi connectivity index (χ0) is 44.4. The predicted octanol–water partition coefficient (Wildman–Crippen LogP) is 5.50. The highest BCUT2D eigenvalue weighted by molar-refractivity contribution is 7.90. The fourth-order valence-electron chi connectivity index (χ4n) is 9.70. The zero-order valence-electron chi connectivity index (χ0n) is 34.7. The Balaban J connectivity index is 0.805. The van der Waals surface area contributed by atoms with E-state index in [1.54, 1.807) is 18.3 Å². The minimum atomic E-state index is -4.36. The minimum absolute atomic E-state index is 0.000175. The van der Waals surface area contributed by atoms with Crippen molar-refractivity contribution in [2.75, 3.05) is 80.5 Å². The number of likely N-dealkylation sites (tertiary alicyclic amines) is 1. The topological polar surface area (TPSA) is 168 Å². The number of nitrogens with zero attached hydrogens (tertiary/aromatic N) is 5. The molecule has 3 N–H and O–H groups in total. The van der Waals surface area contributed by atoms with E-state index in [0.29, 0.717) is 66.5 Å². The molecule has 4 aliphatic rings. The van der Waals surface area contributed by atoms with Gasteiger partial charge in [-0.1, -0.05) is 12.1 Å². The number of aliphatic hydroxyl groups is 1. The molecule has 1 spiro atoms. The Hall–Kier alpha value is -5.82. The lowest BCUT2D eigenvalue weighted by atomic mass is 9.71. The van der Waals surface area contributed by atoms with Gasteiger partial charge < -0.3 is 24.6 Å². The van der Waals surface area contributed by atoms with Gasteiger partial charge in [-0.05, 0) is 79.8 Å². The number of esters is 1. The van der Waals surface area contributed by atoms with E-state index in [2.05, 4.69) is 24.7 Å². The molecule has 9 rings (SSSR count). The van der Waals surface area contributed by atoms with Crippen LogP contribution in [0.25, 0.3) is 22.2 Å². The number of hydrogen-bond donors (Lipinski definition) is 3. The number of ether oxygens (including phenoxy) is 1. The standard InChI is InChI=1S/C45H46F3N7O7S/c1-27-35(21-56)32(43(58)62-2)7-10-38(27)53-15-12-45(59,13-16-53)26-52-22-44(23-52)24-54(25-44)31-5-3-28(4-6-31)29-17-33-34(19-50-42(33)49-18-29)41(57)39-36(47)8-9-37(40(39)48)51-63(60,61)55-14-11-30(46)20-55/h3-10,17-19,21,30,51,59H,11-16,20,22-26H2,1-2H3,(H,49,50)/t30-/m1/s1. The monoisotopic (exact) mass is 885 g/mol. The summed E-state index contributed by atoms with van der Waals surface area (Å²) < 4.78 is 77.8. The van der Waals surface area contributed by atoms with Gasteiger partial charge >= 0.3 is 16.2 Å². The van der Waals surface area contributed by atoms with Gasteiger partial charge in [-0.25, -0.2) is 22.9 Å². The second kappa shape index (κ2) is 16.1. The smallest absolute Gasteiger partial charge is 0.338 e. The Morgan fingerprint density at radius 1 is 0.984 bits per heavy atom. The number of β-amino-alcohol motifs (C(OH)–C–C–N with tert-alkyl or cyclic N) is 1. The van der Waals surface area contributed by atoms with Crippen molar-refractivity contribution in [3.8, 4) is 11.1 Å². The first-order valence-electron chi connectivity index (χ1n) is 20.7. The highest BCUT2D eigenvalue weighted by Crippen LogP contribution is 2.44. The van der Waals surface area contributed by atoms with Crippen LogP contribution in [0.5, 0.6) is 0 Å². The van der Waals surface area contributed by atoms with Gasteiger partial charge in [0.25, 0.3) is 0 Å². The number of nitrogens with one attached hydrogen (secondary N) is 2. The third kappa shape index (κ3) is 7.82. The molecular weight excluding hydrogens is 840 g/mol. The number of piperidine rings is 1. The Morgan fingerprint density at radius 3 is 2.38 bits per heavy atom. The first kappa shape index (κ1) is 42.5. The number of aldehydes is 1. The summed E-state index contributed by atoms with van der Waals surface area (Å²) in [5, 5.41) is 11.9. The molecule has 0 radical (unpaired) electrons. The lowest BCUT2D eigenvalue weighted by Crippen LogP contribution is -2.73. The van der Waals surface area contributed by atoms with E-state index in [1.807, 2.05) is 42.0 Å². The number of carbonyl (C=O) groups excluding carboxylic acids is 3. The lowest BCUT2D eigenvalue weighted by molar-refractivity contribution is -0.0865. The Morgan fingerprint density at radius 2 is 1.71 bits per heavy atom. The van der Waals surface area contributed by atoms with Crippen LogP contribution in [0.15, 0.2) is 67.0 Å². The quantitative estimate of drug-likeness (QED) is 0.0823. The average Bonchev–Trinajstić information content (AvgIpc) is 3.89. The Labute approximate surface area is 361 Å². The molecule has 14 nitrogen and oxygen atoms in total. The zero-order valence-corrected chi connectivity index (χ0v) is 35.5. The van der Waals surface area contributed by atoms with Crippen molar-refractivity contribution in [1.82, 2.24) is 19.2 Å². The van der Waals surface area contributed by atoms with Gasteiger partial charge in [-0.15, -0.1) is 0 Å². The van der Waals surface area contributed by atoms with Gasteiger partial charge in [0.05, 0.1) is 29.5 Å². The molecule has 0 saturated carbocycles. The van der Waals surface area contributed by atoms with Crippen LogP contribution in [-0.4, -0.2) is 129 Å². The SMILES string of the molecule is COC(=O)c1ccc(N2CCC(O)(CN3CC4(C3)CN(c3ccc(-c5cnc6[nH]cc(C(=O)c7c(F)ccc(NS(=O)(=O)N8CC[C@@H](F)C8)c7F)c6c5)cc3)C4)CC2)c(C)c1C=O. The molecule has 63 heavy (non-hydrogen) atoms. The van der Waals surface area contributed by atoms with Crippen LogP contribution in [0.3, 0.4) is 0 Å². The van der Waals surface area contributed by atoms with E-state index >= 15 is 8.78 Å². The number of ketones is 1. The molecule has 6 heterocycles. The van der Waals surface area contributed by atoms with Gasteiger partial charge in [0.1, 0.15) is 17.6 Å². The number of anilines is 3. The summed E-state index contributed by atoms with van der Waals surface area (Å²) in [7, 11) is -3.07. The average molecular weight is 886 g/mol. The van der Waals surface area contributed by atoms with Crippen molar-refractivity contribution in [3.63, 3.8) is 0 Å². The fourth-order valence-corrected chi connectivity index (χ4v) is 11.0. The van der Waals surface area contributed by atoms with Crippen molar-refractivity contribution in [2.24, 2.45) is 5.41 Å². The fraction of sp³-hybridized carbons (Fsp3) is 0.378. The maximum absolute atomic E-state index is 15.7. The number of halogens is 3. The summed E-state index contributed by atoms with van der Waals surface area (Å²) in [6, 6.07) is 14.8. The molecule has 0 aliphatic carbocycles. The first-order chi connectivity index (χ1) is 30.1. The molecule has 3 aromatic carbocycles. The number of H-pyrrole nitrogens is 1. The molecule has 5 aromatic rings. The van der Waals surface area contributed by atoms with Crippen LogP contribution < -0.4 is 14.5 Å². The molecule has 0 unspecified atom stereocenters. The molecule has 18 heteroatoms. The molecule has 4 fully saturated rings. The first-order valence-corrected chi connectivity index (χ1v) is 22.2. The Kier molecular flexibility index (Phi) is 10.8. The number of benzene rings is 3. The summed E-state index contributed by atoms with van der Waals surface area (Å²) in [6.45, 7) is 6.70. The van der Waals surface area contributed by atoms with E-state index < -0.39 is 63.2 Å². The van der Waals surface area contributed by atoms with Crippen molar-refractivity contribution in [2.45, 2.75) is 38.0 Å². The van der Waals surface area contributed by atoms with Crippen LogP contribution in [0.1, 0.15) is 61.5 Å². The summed E-state index contributed by atoms with van der Waals surface area (Å²) in [5.74, 6) is -4.13. The maximum atomic E-state index is 15.7. The van der Waals surface area contributed by atoms with Crippen LogP contribution >= 0.6 is 0 Å². The molecule has 330 valence electrons. The molecule has 4 aliphatic heterocycles. The van der Waals surface area contributed by atoms with E-state index in [0.717, 1.165) is 59.6 Å². The van der Waals surface area contributed by atoms with E-state index in [-0.39, 0.29) is 29.5 Å². The van der Waals surface area contributed by atoms with Crippen molar-refractivity contribution < 1.29 is 45.8 Å². The number of pyridine rings is 1. The lowest BCUT2D eigenvalue weighted by Gasteiger charge is -2.62. The minimum Gasteiger partial charge on any atom is -0.465 e. The summed E-state index contributed by atoms with van der Waals surface area (Å²) in [6.07, 6.45) is 3.43. The number of carbonyl (C=O) groups is 3. The van der Waals surface area contributed by atoms with E-state index in [4.69, 9.17) is 4.74 Å². The van der Waals surface area contributed by atoms with Crippen LogP contribution in [0, 0.1) is 24.0 Å². The highest BCUT2D eigenvalue weighted by atomic mass is 32.2. The molecular formula is C45H46F3N7O7S. The van der Waals surface area contributed by atoms with E-state index in [9.17, 15) is 32.3 Å². The van der Waals surface area contributed by atoms with Crippen LogP contribution in [0.2, 0.25) is 0 Å². The molecule has 1 atom stereocenters. The second-order valence-electron chi connectivity index (χ2n) is 17.3.